The third-order valence-electron chi connectivity index (χ3n) is 4.33. The number of aliphatic hydroxyl groups excluding tert-OH is 1. The van der Waals surface area contributed by atoms with E-state index in [-0.39, 0.29) is 25.8 Å². The molecule has 3 rings (SSSR count). The number of carbonyl (C=O) groups excluding carboxylic acids is 2. The third-order valence-corrected chi connectivity index (χ3v) is 4.33. The van der Waals surface area contributed by atoms with Crippen LogP contribution in [-0.4, -0.2) is 43.3 Å². The second kappa shape index (κ2) is 8.66. The van der Waals surface area contributed by atoms with Crippen LogP contribution in [-0.2, 0) is 14.3 Å². The molecule has 0 bridgehead atoms. The van der Waals surface area contributed by atoms with Crippen molar-refractivity contribution in [3.63, 3.8) is 0 Å². The lowest BCUT2D eigenvalue weighted by atomic mass is 9.98. The van der Waals surface area contributed by atoms with Crippen LogP contribution in [0.5, 0.6) is 0 Å². The summed E-state index contributed by atoms with van der Waals surface area (Å²) in [5, 5.41) is 13.7. The van der Waals surface area contributed by atoms with Gasteiger partial charge in [-0.25, -0.2) is 4.79 Å². The topological polar surface area (TPSA) is 96.9 Å². The Hall–Kier alpha value is -2.90. The average Bonchev–Trinajstić information content (AvgIpc) is 2.98. The van der Waals surface area contributed by atoms with Crippen LogP contribution in [0.3, 0.4) is 0 Å². The molecule has 27 heavy (non-hydrogen) atoms. The van der Waals surface area contributed by atoms with E-state index < -0.39 is 18.3 Å². The molecule has 1 atom stereocenters. The Balaban J connectivity index is 1.51. The predicted octanol–water partition coefficient (Wildman–Crippen LogP) is 1.95. The van der Waals surface area contributed by atoms with E-state index in [9.17, 15) is 9.59 Å². The van der Waals surface area contributed by atoms with Crippen molar-refractivity contribution in [3.05, 3.63) is 59.7 Å². The zero-order valence-corrected chi connectivity index (χ0v) is 15.0. The molecule has 2 amide bonds. The monoisotopic (exact) mass is 370 g/mol. The number of ether oxygens (including phenoxy) is 2. The van der Waals surface area contributed by atoms with Crippen LogP contribution in [0.1, 0.15) is 24.0 Å². The van der Waals surface area contributed by atoms with Gasteiger partial charge in [0.15, 0.2) is 6.29 Å². The highest BCUT2D eigenvalue weighted by atomic mass is 16.6. The normalized spacial score (nSPS) is 13.4. The van der Waals surface area contributed by atoms with Gasteiger partial charge in [0.05, 0.1) is 0 Å². The lowest BCUT2D eigenvalue weighted by Gasteiger charge is -2.14. The van der Waals surface area contributed by atoms with Crippen LogP contribution in [0.4, 0.5) is 4.79 Å². The van der Waals surface area contributed by atoms with E-state index in [0.717, 1.165) is 22.3 Å². The maximum Gasteiger partial charge on any atom is 0.407 e. The number of aliphatic hydroxyl groups is 1. The summed E-state index contributed by atoms with van der Waals surface area (Å²) >= 11 is 0. The number of hydrogen-bond acceptors (Lipinski definition) is 5. The van der Waals surface area contributed by atoms with E-state index >= 15 is 0 Å². The molecule has 0 radical (unpaired) electrons. The standard InChI is InChI=1S/C20H22N2O5/c1-13(23)27-12-22-19(24)10-21-20(25)26-11-18-16-8-4-2-6-14(16)15-7-3-5-9-17(15)18/h2-9,13,18,23H,10-12H2,1H3,(H,21,25)(H,22,24). The minimum Gasteiger partial charge on any atom is -0.449 e. The summed E-state index contributed by atoms with van der Waals surface area (Å²) in [6, 6.07) is 16.1. The van der Waals surface area contributed by atoms with E-state index in [1.807, 2.05) is 36.4 Å². The summed E-state index contributed by atoms with van der Waals surface area (Å²) < 4.78 is 10.1. The summed E-state index contributed by atoms with van der Waals surface area (Å²) in [6.07, 6.45) is -1.64. The van der Waals surface area contributed by atoms with Crippen LogP contribution in [0, 0.1) is 0 Å². The minimum atomic E-state index is -0.972. The van der Waals surface area contributed by atoms with Crippen LogP contribution in [0.25, 0.3) is 11.1 Å². The van der Waals surface area contributed by atoms with Crippen molar-refractivity contribution in [2.75, 3.05) is 19.9 Å². The zero-order chi connectivity index (χ0) is 19.2. The van der Waals surface area contributed by atoms with Crippen LogP contribution in [0.15, 0.2) is 48.5 Å². The van der Waals surface area contributed by atoms with Crippen molar-refractivity contribution < 1.29 is 24.2 Å². The molecule has 0 aliphatic heterocycles. The van der Waals surface area contributed by atoms with Gasteiger partial charge in [0.1, 0.15) is 19.9 Å². The van der Waals surface area contributed by atoms with Gasteiger partial charge in [0, 0.05) is 5.92 Å². The number of amides is 2. The van der Waals surface area contributed by atoms with Crippen molar-refractivity contribution >= 4 is 12.0 Å². The lowest BCUT2D eigenvalue weighted by molar-refractivity contribution is -0.127. The molecule has 0 heterocycles. The van der Waals surface area contributed by atoms with Crippen molar-refractivity contribution in [2.45, 2.75) is 19.1 Å². The fourth-order valence-corrected chi connectivity index (χ4v) is 3.11. The molecule has 7 heteroatoms. The van der Waals surface area contributed by atoms with Gasteiger partial charge in [-0.2, -0.15) is 0 Å². The van der Waals surface area contributed by atoms with Gasteiger partial charge in [-0.1, -0.05) is 48.5 Å². The van der Waals surface area contributed by atoms with Gasteiger partial charge in [-0.15, -0.1) is 0 Å². The largest absolute Gasteiger partial charge is 0.449 e. The molecular formula is C20H22N2O5. The van der Waals surface area contributed by atoms with E-state index in [1.165, 1.54) is 6.92 Å². The number of carbonyl (C=O) groups is 2. The zero-order valence-electron chi connectivity index (χ0n) is 15.0. The SMILES string of the molecule is CC(O)OCNC(=O)CNC(=O)OCC1c2ccccc2-c2ccccc21. The molecule has 2 aromatic rings. The number of nitrogens with one attached hydrogen (secondary N) is 2. The molecular weight excluding hydrogens is 348 g/mol. The molecule has 142 valence electrons. The van der Waals surface area contributed by atoms with Crippen LogP contribution < -0.4 is 10.6 Å². The van der Waals surface area contributed by atoms with Crippen LogP contribution in [0.2, 0.25) is 0 Å². The van der Waals surface area contributed by atoms with Crippen molar-refractivity contribution in [1.82, 2.24) is 10.6 Å². The second-order valence-corrected chi connectivity index (χ2v) is 6.19. The molecule has 1 unspecified atom stereocenters. The molecule has 0 saturated heterocycles. The summed E-state index contributed by atoms with van der Waals surface area (Å²) in [5.41, 5.74) is 4.55. The minimum absolute atomic E-state index is 0.0311. The first-order valence-electron chi connectivity index (χ1n) is 8.71. The molecule has 0 spiro atoms. The number of alkyl carbamates (subject to hydrolysis) is 1. The molecule has 0 fully saturated rings. The number of hydrogen-bond donors (Lipinski definition) is 3. The molecule has 3 N–H and O–H groups in total. The van der Waals surface area contributed by atoms with Gasteiger partial charge in [-0.05, 0) is 29.2 Å². The third kappa shape index (κ3) is 4.64. The van der Waals surface area contributed by atoms with Gasteiger partial charge in [0.25, 0.3) is 0 Å². The number of fused-ring (bicyclic) bond motifs is 3. The summed E-state index contributed by atoms with van der Waals surface area (Å²) in [6.45, 7) is 1.25. The fraction of sp³-hybridized carbons (Fsp3) is 0.300. The van der Waals surface area contributed by atoms with Crippen molar-refractivity contribution in [1.29, 1.82) is 0 Å². The molecule has 0 aromatic heterocycles. The Morgan fingerprint density at radius 3 is 2.22 bits per heavy atom. The maximum atomic E-state index is 11.9. The maximum absolute atomic E-state index is 11.9. The Labute approximate surface area is 157 Å². The highest BCUT2D eigenvalue weighted by Crippen LogP contribution is 2.44. The van der Waals surface area contributed by atoms with Crippen molar-refractivity contribution in [2.24, 2.45) is 0 Å². The fourth-order valence-electron chi connectivity index (χ4n) is 3.11. The average molecular weight is 370 g/mol. The summed E-state index contributed by atoms with van der Waals surface area (Å²) in [5.74, 6) is -0.472. The van der Waals surface area contributed by atoms with Gasteiger partial charge < -0.3 is 25.2 Å². The number of rotatable bonds is 7. The van der Waals surface area contributed by atoms with E-state index in [1.54, 1.807) is 0 Å². The first-order valence-corrected chi connectivity index (χ1v) is 8.71. The van der Waals surface area contributed by atoms with Gasteiger partial charge in [-0.3, -0.25) is 4.79 Å². The van der Waals surface area contributed by atoms with Gasteiger partial charge >= 0.3 is 6.09 Å². The predicted molar refractivity (Wildman–Crippen MR) is 98.8 cm³/mol. The smallest absolute Gasteiger partial charge is 0.407 e. The Morgan fingerprint density at radius 2 is 1.63 bits per heavy atom. The Bertz CT molecular complexity index is 776. The van der Waals surface area contributed by atoms with E-state index in [4.69, 9.17) is 14.6 Å². The molecule has 1 aliphatic carbocycles. The highest BCUT2D eigenvalue weighted by molar-refractivity contribution is 5.82. The Morgan fingerprint density at radius 1 is 1.04 bits per heavy atom. The summed E-state index contributed by atoms with van der Waals surface area (Å²) in [4.78, 5) is 23.5. The highest BCUT2D eigenvalue weighted by Gasteiger charge is 2.28. The Kier molecular flexibility index (Phi) is 6.05. The molecule has 7 nitrogen and oxygen atoms in total. The first-order chi connectivity index (χ1) is 13.1. The second-order valence-electron chi connectivity index (χ2n) is 6.19. The first kappa shape index (κ1) is 18.9. The molecule has 1 aliphatic rings. The summed E-state index contributed by atoms with van der Waals surface area (Å²) in [7, 11) is 0. The number of benzene rings is 2. The van der Waals surface area contributed by atoms with Gasteiger partial charge in [0.2, 0.25) is 5.91 Å². The molecule has 0 saturated carbocycles. The van der Waals surface area contributed by atoms with E-state index in [0.29, 0.717) is 0 Å². The molecule has 2 aromatic carbocycles. The quantitative estimate of drug-likeness (QED) is 0.648. The van der Waals surface area contributed by atoms with Crippen molar-refractivity contribution in [3.8, 4) is 11.1 Å². The van der Waals surface area contributed by atoms with E-state index in [2.05, 4.69) is 22.8 Å². The lowest BCUT2D eigenvalue weighted by Crippen LogP contribution is -2.38. The van der Waals surface area contributed by atoms with Crippen LogP contribution >= 0.6 is 0 Å².